The number of H-pyrrole nitrogens is 2. The number of alkyl carbamates (subject to hydrolysis) is 2. The average molecular weight is 867 g/mol. The summed E-state index contributed by atoms with van der Waals surface area (Å²) in [5.41, 5.74) is 3.94. The number of methoxy groups -OCH3 is 2. The normalized spacial score (nSPS) is 20.7. The van der Waals surface area contributed by atoms with Crippen LogP contribution in [0.5, 0.6) is 0 Å². The molecule has 3 amide bonds. The van der Waals surface area contributed by atoms with Gasteiger partial charge in [-0.3, -0.25) is 9.63 Å². The maximum atomic E-state index is 15.6. The lowest BCUT2D eigenvalue weighted by atomic mass is 9.90. The first kappa shape index (κ1) is 43.8. The predicted molar refractivity (Wildman–Crippen MR) is 228 cm³/mol. The number of ether oxygens (including phenoxy) is 4. The zero-order chi connectivity index (χ0) is 43.7. The van der Waals surface area contributed by atoms with Gasteiger partial charge in [0.15, 0.2) is 0 Å². The van der Waals surface area contributed by atoms with Crippen molar-refractivity contribution >= 4 is 18.1 Å². The summed E-state index contributed by atoms with van der Waals surface area (Å²) >= 11 is 0. The summed E-state index contributed by atoms with van der Waals surface area (Å²) in [4.78, 5) is 62.4. The van der Waals surface area contributed by atoms with Crippen molar-refractivity contribution in [1.82, 2.24) is 40.5 Å². The fraction of sp³-hybridized carbons (Fsp3) is 0.500. The van der Waals surface area contributed by atoms with Crippen LogP contribution < -0.4 is 10.6 Å². The molecule has 0 radical (unpaired) electrons. The highest BCUT2D eigenvalue weighted by Gasteiger charge is 2.40. The third-order valence-electron chi connectivity index (χ3n) is 12.6. The molecule has 16 nitrogen and oxygen atoms in total. The van der Waals surface area contributed by atoms with E-state index >= 15 is 4.39 Å². The van der Waals surface area contributed by atoms with Gasteiger partial charge < -0.3 is 44.4 Å². The Morgan fingerprint density at radius 1 is 0.778 bits per heavy atom. The molecule has 4 aliphatic rings. The Morgan fingerprint density at radius 3 is 2.10 bits per heavy atom. The van der Waals surface area contributed by atoms with Crippen molar-refractivity contribution < 1.29 is 42.6 Å². The second-order valence-corrected chi connectivity index (χ2v) is 16.4. The molecule has 4 N–H and O–H groups in total. The lowest BCUT2D eigenvalue weighted by Gasteiger charge is -2.34. The predicted octanol–water partition coefficient (Wildman–Crippen LogP) is 6.04. The quantitative estimate of drug-likeness (QED) is 0.122. The number of amides is 3. The number of imidazole rings is 2. The number of nitrogens with one attached hydrogen (secondary N) is 4. The number of aromatic nitrogens is 4. The summed E-state index contributed by atoms with van der Waals surface area (Å²) in [6, 6.07) is 11.3. The second kappa shape index (κ2) is 20.6. The number of nitrogens with zero attached hydrogens (tertiary/aromatic N) is 4. The first-order chi connectivity index (χ1) is 30.8. The van der Waals surface area contributed by atoms with Crippen molar-refractivity contribution in [3.8, 4) is 34.4 Å². The molecule has 8 rings (SSSR count). The molecule has 4 saturated heterocycles. The number of hydrogen-bond acceptors (Lipinski definition) is 11. The first-order valence-electron chi connectivity index (χ1n) is 21.8. The van der Waals surface area contributed by atoms with Gasteiger partial charge in [0.2, 0.25) is 5.91 Å². The molecule has 0 aliphatic carbocycles. The number of benzene rings is 2. The smallest absolute Gasteiger partial charge is 0.407 e. The summed E-state index contributed by atoms with van der Waals surface area (Å²) in [5, 5.41) is 7.63. The Kier molecular flexibility index (Phi) is 14.3. The molecular weight excluding hydrogens is 812 g/mol. The molecule has 4 atom stereocenters. The van der Waals surface area contributed by atoms with Crippen molar-refractivity contribution in [3.63, 3.8) is 0 Å². The molecule has 0 bridgehead atoms. The maximum Gasteiger partial charge on any atom is 0.407 e. The number of hydroxylamine groups is 2. The van der Waals surface area contributed by atoms with Gasteiger partial charge in [0.05, 0.1) is 62.7 Å². The third kappa shape index (κ3) is 10.5. The summed E-state index contributed by atoms with van der Waals surface area (Å²) in [6.45, 7) is 3.95. The van der Waals surface area contributed by atoms with Crippen molar-refractivity contribution in [2.45, 2.75) is 75.5 Å². The van der Waals surface area contributed by atoms with Gasteiger partial charge in [-0.05, 0) is 99.1 Å². The standard InChI is InChI=1S/C46H55FN8O8/c1-59-45(57)52-38(32-15-21-61-22-16-32)28-63-55-20-4-6-40(55)43-49-27-37(51-43)34-14-11-30(25-35(34)47)8-7-29-9-12-31(13-10-29)36-26-48-42(50-36)39-5-3-19-54(39)44(56)41(53-46(58)60-2)33-17-23-62-24-18-33/h9-14,25-27,32-33,38-41H,3-6,15-24,28H2,1-2H3,(H,48,50)(H,49,51)(H,52,57)(H,53,58)/t38-,39+,40+,41+/m1/s1. The van der Waals surface area contributed by atoms with Gasteiger partial charge in [0.25, 0.3) is 0 Å². The molecule has 0 spiro atoms. The van der Waals surface area contributed by atoms with Gasteiger partial charge in [-0.25, -0.2) is 23.9 Å². The van der Waals surface area contributed by atoms with Crippen molar-refractivity contribution in [2.24, 2.45) is 11.8 Å². The summed E-state index contributed by atoms with van der Waals surface area (Å²) < 4.78 is 36.3. The van der Waals surface area contributed by atoms with Crippen LogP contribution in [0.3, 0.4) is 0 Å². The molecule has 63 heavy (non-hydrogen) atoms. The summed E-state index contributed by atoms with van der Waals surface area (Å²) in [5.74, 6) is 7.21. The van der Waals surface area contributed by atoms with Gasteiger partial charge in [-0.1, -0.05) is 24.0 Å². The molecule has 2 aromatic carbocycles. The number of aromatic amines is 2. The molecule has 2 aromatic heterocycles. The van der Waals surface area contributed by atoms with E-state index in [0.717, 1.165) is 55.3 Å². The molecule has 4 aromatic rings. The van der Waals surface area contributed by atoms with Crippen LogP contribution >= 0.6 is 0 Å². The average Bonchev–Trinajstić information content (AvgIpc) is 4.17. The minimum atomic E-state index is -0.702. The first-order valence-corrected chi connectivity index (χ1v) is 21.8. The highest BCUT2D eigenvalue weighted by atomic mass is 19.1. The van der Waals surface area contributed by atoms with E-state index in [2.05, 4.69) is 42.4 Å². The van der Waals surface area contributed by atoms with E-state index in [1.54, 1.807) is 24.5 Å². The number of likely N-dealkylation sites (tertiary alicyclic amines) is 1. The van der Waals surface area contributed by atoms with Gasteiger partial charge in [-0.2, -0.15) is 5.06 Å². The fourth-order valence-corrected chi connectivity index (χ4v) is 9.06. The van der Waals surface area contributed by atoms with Crippen LogP contribution in [0.25, 0.3) is 22.5 Å². The van der Waals surface area contributed by atoms with Crippen LogP contribution in [0.15, 0.2) is 54.9 Å². The maximum absolute atomic E-state index is 15.6. The Bertz CT molecular complexity index is 2260. The van der Waals surface area contributed by atoms with Gasteiger partial charge in [0.1, 0.15) is 23.5 Å². The van der Waals surface area contributed by atoms with E-state index in [1.807, 2.05) is 34.2 Å². The molecule has 4 aliphatic heterocycles. The van der Waals surface area contributed by atoms with Crippen molar-refractivity contribution in [3.05, 3.63) is 83.5 Å². The highest BCUT2D eigenvalue weighted by Crippen LogP contribution is 2.35. The highest BCUT2D eigenvalue weighted by molar-refractivity contribution is 5.86. The molecule has 17 heteroatoms. The molecular formula is C46H55FN8O8. The van der Waals surface area contributed by atoms with Crippen LogP contribution in [0.1, 0.15) is 86.2 Å². The van der Waals surface area contributed by atoms with E-state index in [0.29, 0.717) is 87.4 Å². The van der Waals surface area contributed by atoms with Crippen LogP contribution in [-0.2, 0) is 28.6 Å². The zero-order valence-electron chi connectivity index (χ0n) is 35.7. The number of carbonyl (C=O) groups is 3. The van der Waals surface area contributed by atoms with Crippen LogP contribution in [-0.4, -0.2) is 120 Å². The number of rotatable bonds is 12. The van der Waals surface area contributed by atoms with E-state index in [9.17, 15) is 14.4 Å². The lowest BCUT2D eigenvalue weighted by molar-refractivity contribution is -0.180. The van der Waals surface area contributed by atoms with E-state index in [4.69, 9.17) is 23.8 Å². The Balaban J connectivity index is 0.879. The van der Waals surface area contributed by atoms with Crippen LogP contribution in [0.2, 0.25) is 0 Å². The lowest BCUT2D eigenvalue weighted by Crippen LogP contribution is -2.53. The molecule has 334 valence electrons. The van der Waals surface area contributed by atoms with Gasteiger partial charge in [0, 0.05) is 56.2 Å². The Morgan fingerprint density at radius 2 is 1.38 bits per heavy atom. The van der Waals surface area contributed by atoms with Gasteiger partial charge in [-0.15, -0.1) is 0 Å². The fourth-order valence-electron chi connectivity index (χ4n) is 9.06. The molecule has 0 saturated carbocycles. The number of halogens is 1. The largest absolute Gasteiger partial charge is 0.453 e. The van der Waals surface area contributed by atoms with Gasteiger partial charge >= 0.3 is 12.2 Å². The molecule has 0 unspecified atom stereocenters. The second-order valence-electron chi connectivity index (χ2n) is 16.4. The third-order valence-corrected chi connectivity index (χ3v) is 12.6. The minimum absolute atomic E-state index is 0.0432. The van der Waals surface area contributed by atoms with E-state index in [-0.39, 0.29) is 35.9 Å². The summed E-state index contributed by atoms with van der Waals surface area (Å²) in [7, 11) is 2.65. The Hall–Kier alpha value is -5.80. The topological polar surface area (TPSA) is 185 Å². The molecule has 4 fully saturated rings. The van der Waals surface area contributed by atoms with Crippen molar-refractivity contribution in [1.29, 1.82) is 0 Å². The number of carbonyl (C=O) groups excluding carboxylic acids is 3. The SMILES string of the molecule is COC(=O)N[C@H](C(=O)N1CCC[C@H]1c1ncc(-c2ccc(C#Cc3ccc(-c4cnc([C@@H]5CCCN5OC[C@@H](NC(=O)OC)C5CCOCC5)[nH]4)c(F)c3)cc2)[nH]1)C1CCOCC1. The monoisotopic (exact) mass is 866 g/mol. The number of hydrogen-bond donors (Lipinski definition) is 4. The van der Waals surface area contributed by atoms with E-state index < -0.39 is 24.0 Å². The van der Waals surface area contributed by atoms with Crippen LogP contribution in [0, 0.1) is 29.5 Å². The minimum Gasteiger partial charge on any atom is -0.453 e. The Labute approximate surface area is 365 Å². The zero-order valence-corrected chi connectivity index (χ0v) is 35.7. The molecule has 6 heterocycles. The van der Waals surface area contributed by atoms with E-state index in [1.165, 1.54) is 20.3 Å². The summed E-state index contributed by atoms with van der Waals surface area (Å²) in [6.07, 6.45) is 8.60. The van der Waals surface area contributed by atoms with Crippen LogP contribution in [0.4, 0.5) is 14.0 Å². The van der Waals surface area contributed by atoms with Crippen molar-refractivity contribution in [2.75, 3.05) is 60.3 Å².